The Labute approximate surface area is 123 Å². The maximum absolute atomic E-state index is 12.0. The van der Waals surface area contributed by atoms with Crippen LogP contribution in [0.5, 0.6) is 0 Å². The van der Waals surface area contributed by atoms with Crippen molar-refractivity contribution in [3.63, 3.8) is 0 Å². The van der Waals surface area contributed by atoms with Crippen molar-refractivity contribution >= 4 is 11.6 Å². The van der Waals surface area contributed by atoms with E-state index in [2.05, 4.69) is 17.2 Å². The van der Waals surface area contributed by atoms with Crippen LogP contribution in [0, 0.1) is 13.8 Å². The zero-order chi connectivity index (χ0) is 15.4. The van der Waals surface area contributed by atoms with Gasteiger partial charge in [0, 0.05) is 17.1 Å². The van der Waals surface area contributed by atoms with Gasteiger partial charge in [0.05, 0.1) is 0 Å². The van der Waals surface area contributed by atoms with Crippen molar-refractivity contribution in [1.29, 1.82) is 0 Å². The highest BCUT2D eigenvalue weighted by atomic mass is 16.2. The van der Waals surface area contributed by atoms with E-state index < -0.39 is 5.69 Å². The van der Waals surface area contributed by atoms with E-state index in [0.29, 0.717) is 5.69 Å². The van der Waals surface area contributed by atoms with Crippen LogP contribution in [-0.4, -0.2) is 15.5 Å². The minimum atomic E-state index is -0.399. The third kappa shape index (κ3) is 3.78. The first-order chi connectivity index (χ1) is 9.99. The van der Waals surface area contributed by atoms with E-state index in [1.165, 1.54) is 10.1 Å². The fraction of sp³-hybridized carbons (Fsp3) is 0.312. The highest BCUT2D eigenvalue weighted by Crippen LogP contribution is 2.10. The summed E-state index contributed by atoms with van der Waals surface area (Å²) in [6.45, 7) is 5.59. The number of nitrogens with one attached hydrogen (secondary N) is 1. The molecular weight excluding hydrogens is 266 g/mol. The van der Waals surface area contributed by atoms with Crippen molar-refractivity contribution in [3.05, 3.63) is 57.8 Å². The number of anilines is 1. The van der Waals surface area contributed by atoms with Crippen LogP contribution in [0.4, 0.5) is 5.69 Å². The second-order valence-corrected chi connectivity index (χ2v) is 5.01. The predicted octanol–water partition coefficient (Wildman–Crippen LogP) is 2.06. The Morgan fingerprint density at radius 2 is 1.90 bits per heavy atom. The van der Waals surface area contributed by atoms with Crippen LogP contribution in [0.3, 0.4) is 0 Å². The van der Waals surface area contributed by atoms with E-state index in [4.69, 9.17) is 0 Å². The summed E-state index contributed by atoms with van der Waals surface area (Å²) in [5.74, 6) is -0.241. The average Bonchev–Trinajstić information content (AvgIpc) is 2.43. The molecule has 0 radical (unpaired) electrons. The zero-order valence-corrected chi connectivity index (χ0v) is 12.5. The number of aryl methyl sites for hydroxylation is 3. The van der Waals surface area contributed by atoms with Crippen molar-refractivity contribution in [2.75, 3.05) is 5.32 Å². The number of nitrogens with zero attached hydrogens (tertiary/aromatic N) is 2. The molecule has 1 amide bonds. The SMILES string of the molecule is CCc1ccc(NC(=O)Cn2c(C)cc(C)nc2=O)cc1. The maximum Gasteiger partial charge on any atom is 0.348 e. The van der Waals surface area contributed by atoms with E-state index in [-0.39, 0.29) is 12.5 Å². The van der Waals surface area contributed by atoms with Gasteiger partial charge in [0.25, 0.3) is 0 Å². The third-order valence-corrected chi connectivity index (χ3v) is 3.29. The van der Waals surface area contributed by atoms with Gasteiger partial charge in [-0.1, -0.05) is 19.1 Å². The fourth-order valence-electron chi connectivity index (χ4n) is 2.13. The Morgan fingerprint density at radius 1 is 1.24 bits per heavy atom. The summed E-state index contributed by atoms with van der Waals surface area (Å²) in [5, 5.41) is 2.78. The molecule has 0 bridgehead atoms. The van der Waals surface area contributed by atoms with E-state index in [0.717, 1.165) is 17.8 Å². The lowest BCUT2D eigenvalue weighted by Crippen LogP contribution is -2.31. The quantitative estimate of drug-likeness (QED) is 0.935. The second-order valence-electron chi connectivity index (χ2n) is 5.01. The van der Waals surface area contributed by atoms with Crippen LogP contribution in [0.1, 0.15) is 23.9 Å². The van der Waals surface area contributed by atoms with E-state index in [1.54, 1.807) is 19.9 Å². The van der Waals surface area contributed by atoms with Gasteiger partial charge in [-0.3, -0.25) is 9.36 Å². The number of rotatable bonds is 4. The molecule has 1 N–H and O–H groups in total. The number of aromatic nitrogens is 2. The van der Waals surface area contributed by atoms with E-state index in [9.17, 15) is 9.59 Å². The molecule has 5 nitrogen and oxygen atoms in total. The van der Waals surface area contributed by atoms with Crippen LogP contribution in [0.15, 0.2) is 35.1 Å². The van der Waals surface area contributed by atoms with Gasteiger partial charge in [0.15, 0.2) is 0 Å². The van der Waals surface area contributed by atoms with Gasteiger partial charge in [-0.2, -0.15) is 4.98 Å². The molecule has 5 heteroatoms. The molecule has 1 heterocycles. The molecule has 2 aromatic rings. The summed E-state index contributed by atoms with van der Waals surface area (Å²) in [4.78, 5) is 27.7. The molecule has 0 aliphatic carbocycles. The Morgan fingerprint density at radius 3 is 2.48 bits per heavy atom. The first kappa shape index (κ1) is 15.0. The number of hydrogen-bond donors (Lipinski definition) is 1. The molecule has 0 saturated heterocycles. The van der Waals surface area contributed by atoms with E-state index >= 15 is 0 Å². The van der Waals surface area contributed by atoms with Crippen LogP contribution >= 0.6 is 0 Å². The first-order valence-corrected chi connectivity index (χ1v) is 6.93. The Hall–Kier alpha value is -2.43. The monoisotopic (exact) mass is 285 g/mol. The van der Waals surface area contributed by atoms with Gasteiger partial charge in [0.2, 0.25) is 5.91 Å². The van der Waals surface area contributed by atoms with Crippen molar-refractivity contribution in [3.8, 4) is 0 Å². The van der Waals surface area contributed by atoms with E-state index in [1.807, 2.05) is 24.3 Å². The Bertz CT molecular complexity index is 702. The molecular formula is C16H19N3O2. The molecule has 0 fully saturated rings. The zero-order valence-electron chi connectivity index (χ0n) is 12.5. The summed E-state index contributed by atoms with van der Waals surface area (Å²) in [5.41, 5.74) is 2.92. The summed E-state index contributed by atoms with van der Waals surface area (Å²) >= 11 is 0. The number of carbonyl (C=O) groups is 1. The van der Waals surface area contributed by atoms with Crippen molar-refractivity contribution in [2.24, 2.45) is 0 Å². The van der Waals surface area contributed by atoms with Gasteiger partial charge < -0.3 is 5.32 Å². The smallest absolute Gasteiger partial charge is 0.325 e. The predicted molar refractivity (Wildman–Crippen MR) is 82.4 cm³/mol. The number of carbonyl (C=O) groups excluding carboxylic acids is 1. The van der Waals surface area contributed by atoms with Crippen molar-refractivity contribution in [1.82, 2.24) is 9.55 Å². The van der Waals surface area contributed by atoms with Gasteiger partial charge in [-0.15, -0.1) is 0 Å². The summed E-state index contributed by atoms with van der Waals surface area (Å²) in [7, 11) is 0. The molecule has 2 rings (SSSR count). The molecule has 0 unspecified atom stereocenters. The minimum absolute atomic E-state index is 0.0343. The molecule has 0 aliphatic heterocycles. The lowest BCUT2D eigenvalue weighted by atomic mass is 10.1. The fourth-order valence-corrected chi connectivity index (χ4v) is 2.13. The topological polar surface area (TPSA) is 64.0 Å². The summed E-state index contributed by atoms with van der Waals surface area (Å²) in [6, 6.07) is 9.45. The largest absolute Gasteiger partial charge is 0.348 e. The molecule has 0 saturated carbocycles. The summed E-state index contributed by atoms with van der Waals surface area (Å²) in [6.07, 6.45) is 0.956. The molecule has 0 atom stereocenters. The highest BCUT2D eigenvalue weighted by Gasteiger charge is 2.08. The van der Waals surface area contributed by atoms with Gasteiger partial charge in [-0.05, 0) is 44.0 Å². The lowest BCUT2D eigenvalue weighted by Gasteiger charge is -2.10. The normalized spacial score (nSPS) is 10.4. The minimum Gasteiger partial charge on any atom is -0.325 e. The number of amides is 1. The average molecular weight is 285 g/mol. The summed E-state index contributed by atoms with van der Waals surface area (Å²) < 4.78 is 1.36. The van der Waals surface area contributed by atoms with Crippen LogP contribution in [0.25, 0.3) is 0 Å². The highest BCUT2D eigenvalue weighted by molar-refractivity contribution is 5.90. The van der Waals surface area contributed by atoms with Crippen molar-refractivity contribution < 1.29 is 4.79 Å². The molecule has 110 valence electrons. The second kappa shape index (κ2) is 6.35. The lowest BCUT2D eigenvalue weighted by molar-refractivity contribution is -0.116. The van der Waals surface area contributed by atoms with Gasteiger partial charge >= 0.3 is 5.69 Å². The first-order valence-electron chi connectivity index (χ1n) is 6.93. The molecule has 21 heavy (non-hydrogen) atoms. The molecule has 1 aromatic heterocycles. The molecule has 0 aliphatic rings. The Kier molecular flexibility index (Phi) is 4.52. The molecule has 0 spiro atoms. The van der Waals surface area contributed by atoms with Crippen LogP contribution in [-0.2, 0) is 17.8 Å². The number of benzene rings is 1. The molecule has 1 aromatic carbocycles. The standard InChI is InChI=1S/C16H19N3O2/c1-4-13-5-7-14(8-6-13)18-15(20)10-19-12(3)9-11(2)17-16(19)21/h5-9H,4,10H2,1-3H3,(H,18,20). The van der Waals surface area contributed by atoms with Gasteiger partial charge in [-0.25, -0.2) is 4.79 Å². The van der Waals surface area contributed by atoms with Gasteiger partial charge in [0.1, 0.15) is 6.54 Å². The third-order valence-electron chi connectivity index (χ3n) is 3.29. The van der Waals surface area contributed by atoms with Crippen LogP contribution < -0.4 is 11.0 Å². The Balaban J connectivity index is 2.10. The number of hydrogen-bond acceptors (Lipinski definition) is 3. The maximum atomic E-state index is 12.0. The van der Waals surface area contributed by atoms with Crippen molar-refractivity contribution in [2.45, 2.75) is 33.7 Å². The van der Waals surface area contributed by atoms with Crippen LogP contribution in [0.2, 0.25) is 0 Å².